The van der Waals surface area contributed by atoms with Gasteiger partial charge in [-0.1, -0.05) is 0 Å². The first-order valence-electron chi connectivity index (χ1n) is 6.50. The number of rotatable bonds is 4. The molecule has 22 heavy (non-hydrogen) atoms. The Hall–Kier alpha value is -2.44. The molecule has 1 aliphatic heterocycles. The summed E-state index contributed by atoms with van der Waals surface area (Å²) in [7, 11) is 1.47. The number of nitrogens with zero attached hydrogens (tertiary/aromatic N) is 1. The number of halogens is 3. The van der Waals surface area contributed by atoms with Crippen LogP contribution < -0.4 is 9.64 Å². The SMILES string of the molecule is COc1ccc(N2[C@H](C(=O)c3ccco3)[C@@H]2C(F)(F)F)cc1. The summed E-state index contributed by atoms with van der Waals surface area (Å²) >= 11 is 0. The van der Waals surface area contributed by atoms with Gasteiger partial charge in [-0.2, -0.15) is 13.2 Å². The number of anilines is 1. The van der Waals surface area contributed by atoms with E-state index in [0.29, 0.717) is 11.4 Å². The van der Waals surface area contributed by atoms with E-state index in [4.69, 9.17) is 9.15 Å². The molecule has 1 aromatic carbocycles. The van der Waals surface area contributed by atoms with Crippen LogP contribution in [-0.2, 0) is 0 Å². The summed E-state index contributed by atoms with van der Waals surface area (Å²) in [6.45, 7) is 0. The molecule has 1 fully saturated rings. The molecule has 1 saturated heterocycles. The maximum atomic E-state index is 13.1. The molecular weight excluding hydrogens is 299 g/mol. The lowest BCUT2D eigenvalue weighted by Crippen LogP contribution is -2.23. The molecule has 4 nitrogen and oxygen atoms in total. The molecule has 0 N–H and O–H groups in total. The molecule has 0 spiro atoms. The molecule has 2 aromatic rings. The van der Waals surface area contributed by atoms with Crippen molar-refractivity contribution in [2.75, 3.05) is 12.0 Å². The van der Waals surface area contributed by atoms with Crippen molar-refractivity contribution in [3.63, 3.8) is 0 Å². The van der Waals surface area contributed by atoms with Gasteiger partial charge in [0.15, 0.2) is 11.8 Å². The Kier molecular flexibility index (Phi) is 3.35. The fourth-order valence-corrected chi connectivity index (χ4v) is 2.48. The van der Waals surface area contributed by atoms with Gasteiger partial charge in [-0.15, -0.1) is 0 Å². The number of alkyl halides is 3. The molecule has 0 aliphatic carbocycles. The van der Waals surface area contributed by atoms with Crippen LogP contribution >= 0.6 is 0 Å². The van der Waals surface area contributed by atoms with E-state index in [1.165, 1.54) is 37.6 Å². The second-order valence-electron chi connectivity index (χ2n) is 4.88. The van der Waals surface area contributed by atoms with E-state index in [-0.39, 0.29) is 5.76 Å². The molecule has 7 heteroatoms. The van der Waals surface area contributed by atoms with Gasteiger partial charge < -0.3 is 14.1 Å². The lowest BCUT2D eigenvalue weighted by Gasteiger charge is -2.08. The maximum Gasteiger partial charge on any atom is 0.411 e. The van der Waals surface area contributed by atoms with Gasteiger partial charge >= 0.3 is 6.18 Å². The minimum atomic E-state index is -4.49. The third kappa shape index (κ3) is 2.43. The monoisotopic (exact) mass is 311 g/mol. The van der Waals surface area contributed by atoms with Gasteiger partial charge in [0.1, 0.15) is 11.8 Å². The van der Waals surface area contributed by atoms with E-state index < -0.39 is 24.0 Å². The summed E-state index contributed by atoms with van der Waals surface area (Å²) in [6.07, 6.45) is -3.23. The van der Waals surface area contributed by atoms with Crippen LogP contribution in [0.5, 0.6) is 5.75 Å². The number of hydrogen-bond acceptors (Lipinski definition) is 4. The highest BCUT2D eigenvalue weighted by atomic mass is 19.4. The van der Waals surface area contributed by atoms with E-state index >= 15 is 0 Å². The standard InChI is InChI=1S/C15H12F3NO3/c1-21-10-6-4-9(5-7-10)19-12(14(19)15(16,17)18)13(20)11-3-2-8-22-11/h2-8,12,14H,1H3/t12-,14-,19?/m1/s1. The first-order chi connectivity index (χ1) is 10.4. The number of furan rings is 1. The molecule has 0 saturated carbocycles. The minimum absolute atomic E-state index is 0.0738. The average molecular weight is 311 g/mol. The Bertz CT molecular complexity index is 664. The van der Waals surface area contributed by atoms with Crippen LogP contribution in [0.2, 0.25) is 0 Å². The highest BCUT2D eigenvalue weighted by Gasteiger charge is 2.66. The molecule has 1 aliphatic rings. The molecule has 1 aromatic heterocycles. The zero-order valence-corrected chi connectivity index (χ0v) is 11.5. The van der Waals surface area contributed by atoms with Crippen molar-refractivity contribution < 1.29 is 27.1 Å². The van der Waals surface area contributed by atoms with Gasteiger partial charge in [-0.25, -0.2) is 0 Å². The number of carbonyl (C=O) groups is 1. The van der Waals surface area contributed by atoms with Crippen LogP contribution in [0.4, 0.5) is 18.9 Å². The van der Waals surface area contributed by atoms with Crippen molar-refractivity contribution in [3.05, 3.63) is 48.4 Å². The zero-order chi connectivity index (χ0) is 15.9. The Balaban J connectivity index is 1.89. The number of benzene rings is 1. The smallest absolute Gasteiger partial charge is 0.411 e. The second-order valence-corrected chi connectivity index (χ2v) is 4.88. The van der Waals surface area contributed by atoms with Crippen molar-refractivity contribution in [1.82, 2.24) is 0 Å². The predicted molar refractivity (Wildman–Crippen MR) is 72.1 cm³/mol. The number of methoxy groups -OCH3 is 1. The lowest BCUT2D eigenvalue weighted by atomic mass is 10.2. The molecule has 2 heterocycles. The highest BCUT2D eigenvalue weighted by molar-refractivity contribution is 6.04. The molecular formula is C15H12F3NO3. The summed E-state index contributed by atoms with van der Waals surface area (Å²) in [5.41, 5.74) is 0.313. The van der Waals surface area contributed by atoms with Crippen LogP contribution in [0.15, 0.2) is 47.1 Å². The number of ketones is 1. The second kappa shape index (κ2) is 5.08. The highest BCUT2D eigenvalue weighted by Crippen LogP contribution is 2.46. The fraction of sp³-hybridized carbons (Fsp3) is 0.267. The first kappa shape index (κ1) is 14.5. The van der Waals surface area contributed by atoms with Crippen LogP contribution in [0.3, 0.4) is 0 Å². The Labute approximate surface area is 124 Å². The van der Waals surface area contributed by atoms with Crippen molar-refractivity contribution >= 4 is 11.5 Å². The summed E-state index contributed by atoms with van der Waals surface area (Å²) in [6, 6.07) is 5.79. The maximum absolute atomic E-state index is 13.1. The summed E-state index contributed by atoms with van der Waals surface area (Å²) in [5.74, 6) is -0.221. The van der Waals surface area contributed by atoms with Gasteiger partial charge in [0.25, 0.3) is 0 Å². The van der Waals surface area contributed by atoms with Crippen LogP contribution in [-0.4, -0.2) is 31.2 Å². The molecule has 0 unspecified atom stereocenters. The number of ether oxygens (including phenoxy) is 1. The van der Waals surface area contributed by atoms with E-state index in [1.54, 1.807) is 12.1 Å². The summed E-state index contributed by atoms with van der Waals surface area (Å²) < 4.78 is 49.3. The van der Waals surface area contributed by atoms with Crippen LogP contribution in [0.25, 0.3) is 0 Å². The Morgan fingerprint density at radius 3 is 2.41 bits per heavy atom. The molecule has 0 radical (unpaired) electrons. The van der Waals surface area contributed by atoms with Crippen LogP contribution in [0, 0.1) is 0 Å². The van der Waals surface area contributed by atoms with Gasteiger partial charge in [-0.05, 0) is 36.4 Å². The normalized spacial score (nSPS) is 20.8. The summed E-state index contributed by atoms with van der Waals surface area (Å²) in [5, 5.41) is 0. The summed E-state index contributed by atoms with van der Waals surface area (Å²) in [4.78, 5) is 13.2. The van der Waals surface area contributed by atoms with Crippen molar-refractivity contribution in [2.24, 2.45) is 0 Å². The Morgan fingerprint density at radius 1 is 1.23 bits per heavy atom. The zero-order valence-electron chi connectivity index (χ0n) is 11.5. The third-order valence-corrected chi connectivity index (χ3v) is 3.55. The Morgan fingerprint density at radius 2 is 1.91 bits per heavy atom. The number of hydrogen-bond donors (Lipinski definition) is 0. The van der Waals surface area contributed by atoms with E-state index in [9.17, 15) is 18.0 Å². The van der Waals surface area contributed by atoms with Crippen molar-refractivity contribution in [1.29, 1.82) is 0 Å². The van der Waals surface area contributed by atoms with Crippen molar-refractivity contribution in [3.8, 4) is 5.75 Å². The van der Waals surface area contributed by atoms with Gasteiger partial charge in [0, 0.05) is 5.69 Å². The topological polar surface area (TPSA) is 42.5 Å². The minimum Gasteiger partial charge on any atom is -0.497 e. The number of Topliss-reactive ketones (excluding diaryl/α,β-unsaturated/α-hetero) is 1. The number of carbonyl (C=O) groups excluding carboxylic acids is 1. The van der Waals surface area contributed by atoms with E-state index in [2.05, 4.69) is 0 Å². The molecule has 3 rings (SSSR count). The van der Waals surface area contributed by atoms with E-state index in [0.717, 1.165) is 4.90 Å². The first-order valence-corrected chi connectivity index (χ1v) is 6.50. The van der Waals surface area contributed by atoms with E-state index in [1.807, 2.05) is 0 Å². The molecule has 0 bridgehead atoms. The van der Waals surface area contributed by atoms with Crippen molar-refractivity contribution in [2.45, 2.75) is 18.3 Å². The predicted octanol–water partition coefficient (Wildman–Crippen LogP) is 3.29. The third-order valence-electron chi connectivity index (χ3n) is 3.55. The van der Waals surface area contributed by atoms with Gasteiger partial charge in [0.05, 0.1) is 13.4 Å². The fourth-order valence-electron chi connectivity index (χ4n) is 2.48. The largest absolute Gasteiger partial charge is 0.497 e. The lowest BCUT2D eigenvalue weighted by molar-refractivity contribution is -0.127. The molecule has 116 valence electrons. The van der Waals surface area contributed by atoms with Gasteiger partial charge in [-0.3, -0.25) is 4.79 Å². The van der Waals surface area contributed by atoms with Crippen LogP contribution in [0.1, 0.15) is 10.6 Å². The van der Waals surface area contributed by atoms with Gasteiger partial charge in [0.2, 0.25) is 5.78 Å². The molecule has 0 amide bonds. The molecule has 2 atom stereocenters. The average Bonchev–Trinajstić information content (AvgIpc) is 3.02. The quantitative estimate of drug-likeness (QED) is 0.642.